The lowest BCUT2D eigenvalue weighted by atomic mass is 9.91. The number of hydrogen-bond acceptors (Lipinski definition) is 7. The Hall–Kier alpha value is -4.84. The van der Waals surface area contributed by atoms with Gasteiger partial charge in [0.2, 0.25) is 0 Å². The van der Waals surface area contributed by atoms with Gasteiger partial charge < -0.3 is 19.8 Å². The van der Waals surface area contributed by atoms with E-state index in [0.29, 0.717) is 30.8 Å². The molecule has 0 bridgehead atoms. The zero-order chi connectivity index (χ0) is 30.0. The molecular formula is C31H37N11O. The maximum absolute atomic E-state index is 12.9. The normalized spacial score (nSPS) is 15.8. The monoisotopic (exact) mass is 579 g/mol. The second kappa shape index (κ2) is 11.8. The highest BCUT2D eigenvalue weighted by atomic mass is 16.2. The zero-order valence-corrected chi connectivity index (χ0v) is 24.7. The summed E-state index contributed by atoms with van der Waals surface area (Å²) >= 11 is 0. The van der Waals surface area contributed by atoms with E-state index >= 15 is 0 Å². The molecule has 0 saturated carbocycles. The van der Waals surface area contributed by atoms with Crippen LogP contribution in [0.5, 0.6) is 0 Å². The van der Waals surface area contributed by atoms with Crippen LogP contribution in [0, 0.1) is 5.41 Å². The van der Waals surface area contributed by atoms with Crippen LogP contribution in [0.1, 0.15) is 49.7 Å². The predicted octanol–water partition coefficient (Wildman–Crippen LogP) is 3.34. The summed E-state index contributed by atoms with van der Waals surface area (Å²) in [6.45, 7) is 9.12. The van der Waals surface area contributed by atoms with E-state index in [1.807, 2.05) is 53.2 Å². The van der Waals surface area contributed by atoms with Crippen molar-refractivity contribution in [1.29, 1.82) is 5.41 Å². The van der Waals surface area contributed by atoms with E-state index in [4.69, 9.17) is 5.41 Å². The number of nitrogens with one attached hydrogen (secondary N) is 3. The molecule has 1 aliphatic heterocycles. The van der Waals surface area contributed by atoms with Crippen LogP contribution in [0.25, 0.3) is 11.2 Å². The summed E-state index contributed by atoms with van der Waals surface area (Å²) in [5.41, 5.74) is 4.13. The van der Waals surface area contributed by atoms with Gasteiger partial charge in [-0.25, -0.2) is 19.4 Å². The number of urea groups is 1. The fraction of sp³-hybridized carbons (Fsp3) is 0.355. The average molecular weight is 580 g/mol. The first-order chi connectivity index (χ1) is 20.8. The van der Waals surface area contributed by atoms with E-state index in [9.17, 15) is 4.79 Å². The van der Waals surface area contributed by atoms with Gasteiger partial charge in [0.25, 0.3) is 0 Å². The standard InChI is InChI=1S/C31H37N11O/c1-31(2,3)36-30(43)40-16-14-39(15-17-40)26(22-10-6-4-7-11-22)27(23-12-8-5-9-13-23)42-19-24(37-38-42)18-41-21-35-28(32)25-29(41)34-20-33-25/h4-13,19-21,26-27,32H,14-18H2,1-3H3,(H,33,34)(H,36,43)/t26-,27+/m0/s1. The Balaban J connectivity index is 1.33. The smallest absolute Gasteiger partial charge is 0.317 e. The Morgan fingerprint density at radius 3 is 2.26 bits per heavy atom. The van der Waals surface area contributed by atoms with Crippen LogP contribution in [0.4, 0.5) is 4.79 Å². The molecular weight excluding hydrogens is 542 g/mol. The molecule has 3 N–H and O–H groups in total. The van der Waals surface area contributed by atoms with Crippen molar-refractivity contribution in [3.63, 3.8) is 0 Å². The van der Waals surface area contributed by atoms with Gasteiger partial charge >= 0.3 is 6.03 Å². The van der Waals surface area contributed by atoms with Crippen molar-refractivity contribution < 1.29 is 4.79 Å². The molecule has 6 rings (SSSR count). The number of piperazine rings is 1. The van der Waals surface area contributed by atoms with Crippen molar-refractivity contribution in [3.8, 4) is 0 Å². The third-order valence-electron chi connectivity index (χ3n) is 7.69. The first-order valence-corrected chi connectivity index (χ1v) is 14.5. The molecule has 3 aromatic heterocycles. The number of rotatable bonds is 7. The fourth-order valence-corrected chi connectivity index (χ4v) is 5.71. The second-order valence-corrected chi connectivity index (χ2v) is 11.9. The highest BCUT2D eigenvalue weighted by Crippen LogP contribution is 2.37. The van der Waals surface area contributed by atoms with Crippen LogP contribution < -0.4 is 10.8 Å². The molecule has 4 heterocycles. The fourth-order valence-electron chi connectivity index (χ4n) is 5.71. The Morgan fingerprint density at radius 1 is 0.953 bits per heavy atom. The number of nitrogens with zero attached hydrogens (tertiary/aromatic N) is 8. The maximum atomic E-state index is 12.9. The molecule has 222 valence electrons. The predicted molar refractivity (Wildman–Crippen MR) is 162 cm³/mol. The number of carbonyl (C=O) groups is 1. The topological polar surface area (TPSA) is 137 Å². The van der Waals surface area contributed by atoms with Crippen LogP contribution in [-0.4, -0.2) is 82.1 Å². The van der Waals surface area contributed by atoms with E-state index in [0.717, 1.165) is 24.3 Å². The minimum atomic E-state index is -0.287. The third-order valence-corrected chi connectivity index (χ3v) is 7.69. The number of carbonyl (C=O) groups excluding carboxylic acids is 1. The number of aromatic amines is 1. The van der Waals surface area contributed by atoms with Crippen molar-refractivity contribution in [2.24, 2.45) is 0 Å². The van der Waals surface area contributed by atoms with Crippen molar-refractivity contribution in [2.75, 3.05) is 26.2 Å². The van der Waals surface area contributed by atoms with Crippen LogP contribution in [0.3, 0.4) is 0 Å². The molecule has 5 aromatic rings. The molecule has 0 unspecified atom stereocenters. The van der Waals surface area contributed by atoms with Crippen molar-refractivity contribution in [1.82, 2.24) is 49.6 Å². The van der Waals surface area contributed by atoms with Crippen LogP contribution >= 0.6 is 0 Å². The highest BCUT2D eigenvalue weighted by Gasteiger charge is 2.35. The molecule has 0 radical (unpaired) electrons. The highest BCUT2D eigenvalue weighted by molar-refractivity contribution is 5.75. The Labute approximate surface area is 249 Å². The number of aromatic nitrogens is 7. The lowest BCUT2D eigenvalue weighted by Gasteiger charge is -2.43. The number of amides is 2. The van der Waals surface area contributed by atoms with Crippen LogP contribution in [0.15, 0.2) is 79.5 Å². The van der Waals surface area contributed by atoms with Crippen molar-refractivity contribution >= 4 is 17.2 Å². The first-order valence-electron chi connectivity index (χ1n) is 14.5. The van der Waals surface area contributed by atoms with Gasteiger partial charge in [-0.2, -0.15) is 0 Å². The van der Waals surface area contributed by atoms with Gasteiger partial charge in [-0.15, -0.1) is 5.10 Å². The summed E-state index contributed by atoms with van der Waals surface area (Å²) in [5.74, 6) is 0. The van der Waals surface area contributed by atoms with E-state index in [1.54, 1.807) is 12.7 Å². The van der Waals surface area contributed by atoms with Gasteiger partial charge in [0, 0.05) is 31.7 Å². The molecule has 1 aliphatic rings. The van der Waals surface area contributed by atoms with Gasteiger partial charge in [-0.3, -0.25) is 10.3 Å². The molecule has 1 saturated heterocycles. The Bertz CT molecular complexity index is 1730. The summed E-state index contributed by atoms with van der Waals surface area (Å²) in [5, 5.41) is 20.4. The summed E-state index contributed by atoms with van der Waals surface area (Å²) in [6, 6.07) is 20.6. The lowest BCUT2D eigenvalue weighted by Crippen LogP contribution is -2.56. The second-order valence-electron chi connectivity index (χ2n) is 11.9. The average Bonchev–Trinajstić information content (AvgIpc) is 3.68. The molecule has 12 heteroatoms. The summed E-state index contributed by atoms with van der Waals surface area (Å²) in [7, 11) is 0. The number of H-pyrrole nitrogens is 1. The number of benzene rings is 2. The van der Waals surface area contributed by atoms with Crippen LogP contribution in [0.2, 0.25) is 0 Å². The van der Waals surface area contributed by atoms with Gasteiger partial charge in [-0.05, 0) is 31.9 Å². The van der Waals surface area contributed by atoms with Gasteiger partial charge in [0.1, 0.15) is 11.2 Å². The minimum absolute atomic E-state index is 0.0274. The lowest BCUT2D eigenvalue weighted by molar-refractivity contribution is 0.0856. The molecule has 2 aromatic carbocycles. The Kier molecular flexibility index (Phi) is 7.76. The van der Waals surface area contributed by atoms with E-state index in [-0.39, 0.29) is 29.1 Å². The van der Waals surface area contributed by atoms with Gasteiger partial charge in [-0.1, -0.05) is 65.9 Å². The summed E-state index contributed by atoms with van der Waals surface area (Å²) in [6.07, 6.45) is 5.17. The van der Waals surface area contributed by atoms with Crippen molar-refractivity contribution in [2.45, 2.75) is 44.9 Å². The number of hydrogen-bond donors (Lipinski definition) is 3. The maximum Gasteiger partial charge on any atom is 0.317 e. The molecule has 0 aliphatic carbocycles. The summed E-state index contributed by atoms with van der Waals surface area (Å²) < 4.78 is 3.82. The largest absolute Gasteiger partial charge is 0.340 e. The SMILES string of the molecule is CC(C)(C)NC(=O)N1CCN([C@@H](c2ccccc2)[C@@H](c2ccccc2)n2cc(Cn3cnc(=N)c4[nH]cnc43)nn2)CC1. The minimum Gasteiger partial charge on any atom is -0.340 e. The molecule has 12 nitrogen and oxygen atoms in total. The van der Waals surface area contributed by atoms with E-state index in [1.165, 1.54) is 5.56 Å². The molecule has 2 amide bonds. The molecule has 43 heavy (non-hydrogen) atoms. The number of imidazole rings is 1. The Morgan fingerprint density at radius 2 is 1.60 bits per heavy atom. The van der Waals surface area contributed by atoms with Crippen LogP contribution in [-0.2, 0) is 6.54 Å². The van der Waals surface area contributed by atoms with E-state index in [2.05, 4.69) is 84.0 Å². The third kappa shape index (κ3) is 6.19. The zero-order valence-electron chi connectivity index (χ0n) is 24.7. The van der Waals surface area contributed by atoms with Gasteiger partial charge in [0.15, 0.2) is 11.1 Å². The van der Waals surface area contributed by atoms with E-state index < -0.39 is 0 Å². The number of fused-ring (bicyclic) bond motifs is 1. The summed E-state index contributed by atoms with van der Waals surface area (Å²) in [4.78, 5) is 28.9. The first kappa shape index (κ1) is 28.3. The van der Waals surface area contributed by atoms with Crippen molar-refractivity contribution in [3.05, 3.63) is 102 Å². The molecule has 2 atom stereocenters. The molecule has 1 fully saturated rings. The quantitative estimate of drug-likeness (QED) is 0.271. The molecule has 0 spiro atoms. The van der Waals surface area contributed by atoms with Gasteiger partial charge in [0.05, 0.1) is 37.5 Å².